The molecule has 158 valence electrons. The number of hydrogen-bond donors (Lipinski definition) is 2. The number of benzene rings is 2. The standard InChI is InChI=1S/C22H26N4O4/c1-16-21(27)26(10-9-25-11-13-29-14-12-25)19-15-18(7-8-20(19)30-16)24-22(28)23-17-5-3-2-4-6-17/h2-8,15-16H,9-14H2,1H3,(H2,23,24,28). The lowest BCUT2D eigenvalue weighted by molar-refractivity contribution is -0.125. The minimum atomic E-state index is -0.539. The first kappa shape index (κ1) is 20.2. The van der Waals surface area contributed by atoms with E-state index >= 15 is 0 Å². The molecule has 2 heterocycles. The van der Waals surface area contributed by atoms with Crippen molar-refractivity contribution in [1.82, 2.24) is 4.90 Å². The summed E-state index contributed by atoms with van der Waals surface area (Å²) < 4.78 is 11.2. The number of ether oxygens (including phenoxy) is 2. The molecular formula is C22H26N4O4. The van der Waals surface area contributed by atoms with Crippen molar-refractivity contribution in [3.63, 3.8) is 0 Å². The largest absolute Gasteiger partial charge is 0.479 e. The summed E-state index contributed by atoms with van der Waals surface area (Å²) in [4.78, 5) is 29.2. The first-order valence-corrected chi connectivity index (χ1v) is 10.2. The molecule has 1 fully saturated rings. The number of para-hydroxylation sites is 1. The number of hydrogen-bond acceptors (Lipinski definition) is 5. The van der Waals surface area contributed by atoms with E-state index in [1.807, 2.05) is 30.3 Å². The Morgan fingerprint density at radius 2 is 1.77 bits per heavy atom. The fourth-order valence-electron chi connectivity index (χ4n) is 3.60. The van der Waals surface area contributed by atoms with Gasteiger partial charge in [-0.1, -0.05) is 18.2 Å². The minimum Gasteiger partial charge on any atom is -0.479 e. The number of nitrogens with zero attached hydrogens (tertiary/aromatic N) is 2. The van der Waals surface area contributed by atoms with Crippen molar-refractivity contribution >= 4 is 29.0 Å². The Morgan fingerprint density at radius 1 is 1.03 bits per heavy atom. The molecule has 0 aliphatic carbocycles. The highest BCUT2D eigenvalue weighted by molar-refractivity contribution is 6.03. The maximum absolute atomic E-state index is 12.8. The maximum Gasteiger partial charge on any atom is 0.323 e. The van der Waals surface area contributed by atoms with Gasteiger partial charge in [-0.05, 0) is 37.3 Å². The van der Waals surface area contributed by atoms with E-state index in [2.05, 4.69) is 15.5 Å². The van der Waals surface area contributed by atoms with Crippen molar-refractivity contribution in [2.24, 2.45) is 0 Å². The Labute approximate surface area is 175 Å². The Morgan fingerprint density at radius 3 is 2.53 bits per heavy atom. The van der Waals surface area contributed by atoms with E-state index in [9.17, 15) is 9.59 Å². The van der Waals surface area contributed by atoms with Crippen LogP contribution in [0.4, 0.5) is 21.9 Å². The molecule has 2 aromatic carbocycles. The predicted molar refractivity (Wildman–Crippen MR) is 115 cm³/mol. The molecular weight excluding hydrogens is 384 g/mol. The fraction of sp³-hybridized carbons (Fsp3) is 0.364. The summed E-state index contributed by atoms with van der Waals surface area (Å²) in [5.74, 6) is 0.555. The quantitative estimate of drug-likeness (QED) is 0.792. The van der Waals surface area contributed by atoms with Crippen LogP contribution in [0.15, 0.2) is 48.5 Å². The average Bonchev–Trinajstić information content (AvgIpc) is 2.76. The summed E-state index contributed by atoms with van der Waals surface area (Å²) in [5.41, 5.74) is 1.96. The molecule has 2 aromatic rings. The summed E-state index contributed by atoms with van der Waals surface area (Å²) in [6, 6.07) is 14.2. The molecule has 4 rings (SSSR count). The monoisotopic (exact) mass is 410 g/mol. The number of amides is 3. The third-order valence-electron chi connectivity index (χ3n) is 5.20. The molecule has 0 spiro atoms. The van der Waals surface area contributed by atoms with Gasteiger partial charge in [0.2, 0.25) is 0 Å². The van der Waals surface area contributed by atoms with Crippen molar-refractivity contribution in [2.75, 3.05) is 54.9 Å². The van der Waals surface area contributed by atoms with Crippen LogP contribution in [0.1, 0.15) is 6.92 Å². The molecule has 0 radical (unpaired) electrons. The lowest BCUT2D eigenvalue weighted by Gasteiger charge is -2.35. The lowest BCUT2D eigenvalue weighted by Crippen LogP contribution is -2.48. The summed E-state index contributed by atoms with van der Waals surface area (Å²) in [7, 11) is 0. The zero-order chi connectivity index (χ0) is 20.9. The molecule has 2 aliphatic heterocycles. The number of carbonyl (C=O) groups excluding carboxylic acids is 2. The Bertz CT molecular complexity index is 899. The third kappa shape index (κ3) is 4.72. The van der Waals surface area contributed by atoms with Crippen molar-refractivity contribution < 1.29 is 19.1 Å². The van der Waals surface area contributed by atoms with Gasteiger partial charge in [0.05, 0.1) is 18.9 Å². The summed E-state index contributed by atoms with van der Waals surface area (Å²) >= 11 is 0. The first-order valence-electron chi connectivity index (χ1n) is 10.2. The molecule has 1 atom stereocenters. The maximum atomic E-state index is 12.8. The third-order valence-corrected chi connectivity index (χ3v) is 5.20. The predicted octanol–water partition coefficient (Wildman–Crippen LogP) is 2.78. The van der Waals surface area contributed by atoms with Gasteiger partial charge in [-0.2, -0.15) is 0 Å². The Kier molecular flexibility index (Phi) is 6.15. The van der Waals surface area contributed by atoms with Crippen molar-refractivity contribution in [3.8, 4) is 5.75 Å². The van der Waals surface area contributed by atoms with Crippen LogP contribution in [-0.2, 0) is 9.53 Å². The smallest absolute Gasteiger partial charge is 0.323 e. The fourth-order valence-corrected chi connectivity index (χ4v) is 3.60. The van der Waals surface area contributed by atoms with Gasteiger partial charge >= 0.3 is 6.03 Å². The van der Waals surface area contributed by atoms with Gasteiger partial charge in [-0.15, -0.1) is 0 Å². The van der Waals surface area contributed by atoms with Gasteiger partial charge in [0.1, 0.15) is 5.75 Å². The van der Waals surface area contributed by atoms with E-state index in [4.69, 9.17) is 9.47 Å². The molecule has 0 bridgehead atoms. The van der Waals surface area contributed by atoms with Crippen molar-refractivity contribution in [2.45, 2.75) is 13.0 Å². The first-order chi connectivity index (χ1) is 14.6. The van der Waals surface area contributed by atoms with E-state index in [-0.39, 0.29) is 11.9 Å². The van der Waals surface area contributed by atoms with E-state index < -0.39 is 6.10 Å². The molecule has 2 aliphatic rings. The van der Waals surface area contributed by atoms with Crippen LogP contribution < -0.4 is 20.3 Å². The van der Waals surface area contributed by atoms with Crippen molar-refractivity contribution in [3.05, 3.63) is 48.5 Å². The van der Waals surface area contributed by atoms with E-state index in [0.29, 0.717) is 42.6 Å². The normalized spacial score (nSPS) is 19.0. The second kappa shape index (κ2) is 9.15. The van der Waals surface area contributed by atoms with Crippen LogP contribution in [0.5, 0.6) is 5.75 Å². The zero-order valence-corrected chi connectivity index (χ0v) is 17.0. The van der Waals surface area contributed by atoms with E-state index in [1.54, 1.807) is 30.0 Å². The molecule has 0 saturated carbocycles. The van der Waals surface area contributed by atoms with Gasteiger partial charge in [-0.3, -0.25) is 9.69 Å². The molecule has 8 heteroatoms. The van der Waals surface area contributed by atoms with Crippen LogP contribution in [0, 0.1) is 0 Å². The van der Waals surface area contributed by atoms with Crippen LogP contribution in [0.2, 0.25) is 0 Å². The Hall–Kier alpha value is -3.10. The van der Waals surface area contributed by atoms with Crippen LogP contribution >= 0.6 is 0 Å². The molecule has 1 unspecified atom stereocenters. The number of nitrogens with one attached hydrogen (secondary N) is 2. The topological polar surface area (TPSA) is 83.1 Å². The summed E-state index contributed by atoms with van der Waals surface area (Å²) in [5, 5.41) is 5.61. The highest BCUT2D eigenvalue weighted by Gasteiger charge is 2.32. The molecule has 30 heavy (non-hydrogen) atoms. The van der Waals surface area contributed by atoms with Gasteiger partial charge < -0.3 is 25.0 Å². The van der Waals surface area contributed by atoms with Gasteiger partial charge in [-0.25, -0.2) is 4.79 Å². The highest BCUT2D eigenvalue weighted by atomic mass is 16.5. The van der Waals surface area contributed by atoms with E-state index in [1.165, 1.54) is 0 Å². The van der Waals surface area contributed by atoms with Crippen LogP contribution in [0.3, 0.4) is 0 Å². The van der Waals surface area contributed by atoms with E-state index in [0.717, 1.165) is 19.6 Å². The van der Waals surface area contributed by atoms with Gasteiger partial charge in [0.15, 0.2) is 6.10 Å². The molecule has 1 saturated heterocycles. The second-order valence-corrected chi connectivity index (χ2v) is 7.33. The molecule has 0 aromatic heterocycles. The number of urea groups is 1. The lowest BCUT2D eigenvalue weighted by atomic mass is 10.1. The number of rotatable bonds is 5. The molecule has 3 amide bonds. The summed E-state index contributed by atoms with van der Waals surface area (Å²) in [6.07, 6.45) is -0.539. The molecule has 2 N–H and O–H groups in total. The van der Waals surface area contributed by atoms with Crippen LogP contribution in [0.25, 0.3) is 0 Å². The van der Waals surface area contributed by atoms with Crippen LogP contribution in [-0.4, -0.2) is 62.3 Å². The zero-order valence-electron chi connectivity index (χ0n) is 17.0. The minimum absolute atomic E-state index is 0.0818. The molecule has 8 nitrogen and oxygen atoms in total. The van der Waals surface area contributed by atoms with Crippen molar-refractivity contribution in [1.29, 1.82) is 0 Å². The SMILES string of the molecule is CC1Oc2ccc(NC(=O)Nc3ccccc3)cc2N(CCN2CCOCC2)C1=O. The highest BCUT2D eigenvalue weighted by Crippen LogP contribution is 2.36. The van der Waals surface area contributed by atoms with Gasteiger partial charge in [0.25, 0.3) is 5.91 Å². The number of carbonyl (C=O) groups is 2. The number of morpholine rings is 1. The average molecular weight is 410 g/mol. The number of fused-ring (bicyclic) bond motifs is 1. The second-order valence-electron chi connectivity index (χ2n) is 7.33. The Balaban J connectivity index is 1.47. The summed E-state index contributed by atoms with van der Waals surface area (Å²) in [6.45, 7) is 6.23. The number of anilines is 3. The van der Waals surface area contributed by atoms with Gasteiger partial charge in [0, 0.05) is 37.6 Å².